The second-order valence-electron chi connectivity index (χ2n) is 11.3. The largest absolute Gasteiger partial charge is 0.454 e. The van der Waals surface area contributed by atoms with Gasteiger partial charge in [0.1, 0.15) is 6.04 Å². The Labute approximate surface area is 233 Å². The molecule has 2 aliphatic heterocycles. The van der Waals surface area contributed by atoms with Gasteiger partial charge in [0.2, 0.25) is 6.79 Å². The molecule has 40 heavy (non-hydrogen) atoms. The molecule has 1 N–H and O–H groups in total. The summed E-state index contributed by atoms with van der Waals surface area (Å²) in [5.41, 5.74) is 3.54. The monoisotopic (exact) mass is 543 g/mol. The number of hydrogen-bond acceptors (Lipinski definition) is 8. The maximum absolute atomic E-state index is 13.6. The lowest BCUT2D eigenvalue weighted by molar-refractivity contribution is 0.0968. The zero-order chi connectivity index (χ0) is 27.9. The number of aryl methyl sites for hydroxylation is 1. The van der Waals surface area contributed by atoms with E-state index in [0.717, 1.165) is 68.0 Å². The Morgan fingerprint density at radius 1 is 0.975 bits per heavy atom. The lowest BCUT2D eigenvalue weighted by atomic mass is 9.98. The molecule has 0 radical (unpaired) electrons. The molecule has 10 nitrogen and oxygen atoms in total. The quantitative estimate of drug-likeness (QED) is 0.358. The molecule has 2 aromatic heterocycles. The number of hydrogen-bond donors (Lipinski definition) is 1. The molecule has 4 heterocycles. The van der Waals surface area contributed by atoms with E-state index in [0.29, 0.717) is 11.4 Å². The predicted octanol–water partition coefficient (Wildman–Crippen LogP) is 3.86. The highest BCUT2D eigenvalue weighted by Crippen LogP contribution is 2.34. The highest BCUT2D eigenvalue weighted by molar-refractivity contribution is 5.80. The molecule has 0 amide bonds. The Hall–Kier alpha value is -3.76. The SMILES string of the molecule is CCc1ccc2[nH]c(=O)c([C@H](c3nnnn3C(C)(C)CC)N3CCN(Cc4ccc5c(c4)OCO5)CC3)cc2c1. The fraction of sp³-hybridized carbons (Fsp3) is 0.467. The molecule has 2 aromatic carbocycles. The average Bonchev–Trinajstić information content (AvgIpc) is 3.64. The van der Waals surface area contributed by atoms with Crippen LogP contribution in [-0.2, 0) is 18.5 Å². The summed E-state index contributed by atoms with van der Waals surface area (Å²) in [5, 5.41) is 14.0. The summed E-state index contributed by atoms with van der Waals surface area (Å²) in [5.74, 6) is 2.31. The van der Waals surface area contributed by atoms with E-state index in [2.05, 4.69) is 82.3 Å². The number of benzene rings is 2. The molecule has 1 atom stereocenters. The third kappa shape index (κ3) is 4.97. The number of piperazine rings is 1. The molecular weight excluding hydrogens is 506 g/mol. The molecule has 0 bridgehead atoms. The van der Waals surface area contributed by atoms with Gasteiger partial charge in [0, 0.05) is 43.8 Å². The summed E-state index contributed by atoms with van der Waals surface area (Å²) >= 11 is 0. The topological polar surface area (TPSA) is 101 Å². The van der Waals surface area contributed by atoms with E-state index >= 15 is 0 Å². The highest BCUT2D eigenvalue weighted by atomic mass is 16.7. The van der Waals surface area contributed by atoms with E-state index in [1.54, 1.807) is 0 Å². The first-order valence-corrected chi connectivity index (χ1v) is 14.2. The van der Waals surface area contributed by atoms with Crippen LogP contribution in [0, 0.1) is 0 Å². The lowest BCUT2D eigenvalue weighted by Crippen LogP contribution is -2.49. The first-order valence-electron chi connectivity index (χ1n) is 14.2. The first kappa shape index (κ1) is 26.5. The Morgan fingerprint density at radius 2 is 1.75 bits per heavy atom. The molecule has 210 valence electrons. The molecule has 1 saturated heterocycles. The number of tetrazole rings is 1. The van der Waals surface area contributed by atoms with Crippen molar-refractivity contribution in [3.05, 3.63) is 75.3 Å². The Balaban J connectivity index is 1.32. The lowest BCUT2D eigenvalue weighted by Gasteiger charge is -2.39. The van der Waals surface area contributed by atoms with Crippen molar-refractivity contribution in [1.82, 2.24) is 35.0 Å². The molecule has 0 saturated carbocycles. The van der Waals surface area contributed by atoms with Crippen molar-refractivity contribution in [3.8, 4) is 11.5 Å². The Bertz CT molecular complexity index is 1570. The zero-order valence-corrected chi connectivity index (χ0v) is 23.7. The van der Waals surface area contributed by atoms with E-state index in [1.165, 1.54) is 11.1 Å². The second kappa shape index (κ2) is 10.7. The van der Waals surface area contributed by atoms with Gasteiger partial charge >= 0.3 is 0 Å². The van der Waals surface area contributed by atoms with E-state index in [-0.39, 0.29) is 23.9 Å². The van der Waals surface area contributed by atoms with Gasteiger partial charge in [0.25, 0.3) is 5.56 Å². The fourth-order valence-corrected chi connectivity index (χ4v) is 5.62. The summed E-state index contributed by atoms with van der Waals surface area (Å²) in [7, 11) is 0. The summed E-state index contributed by atoms with van der Waals surface area (Å²) < 4.78 is 12.9. The molecular formula is C30H37N7O3. The minimum absolute atomic E-state index is 0.103. The van der Waals surface area contributed by atoms with Gasteiger partial charge in [-0.25, -0.2) is 4.68 Å². The maximum Gasteiger partial charge on any atom is 0.253 e. The van der Waals surface area contributed by atoms with Crippen LogP contribution in [0.5, 0.6) is 11.5 Å². The number of ether oxygens (including phenoxy) is 2. The average molecular weight is 544 g/mol. The van der Waals surface area contributed by atoms with Crippen molar-refractivity contribution in [2.24, 2.45) is 0 Å². The fourth-order valence-electron chi connectivity index (χ4n) is 5.62. The third-order valence-electron chi connectivity index (χ3n) is 8.43. The van der Waals surface area contributed by atoms with Crippen LogP contribution in [0.15, 0.2) is 47.3 Å². The molecule has 6 rings (SSSR count). The van der Waals surface area contributed by atoms with Gasteiger partial charge in [-0.3, -0.25) is 14.6 Å². The number of aromatic nitrogens is 5. The van der Waals surface area contributed by atoms with Crippen LogP contribution in [0.3, 0.4) is 0 Å². The Kier molecular flexibility index (Phi) is 7.06. The molecule has 0 unspecified atom stereocenters. The van der Waals surface area contributed by atoms with Crippen LogP contribution in [0.4, 0.5) is 0 Å². The van der Waals surface area contributed by atoms with Gasteiger partial charge in [0.05, 0.1) is 5.54 Å². The van der Waals surface area contributed by atoms with Crippen LogP contribution in [0.25, 0.3) is 10.9 Å². The summed E-state index contributed by atoms with van der Waals surface area (Å²) in [6.45, 7) is 12.9. The summed E-state index contributed by atoms with van der Waals surface area (Å²) in [4.78, 5) is 21.5. The predicted molar refractivity (Wildman–Crippen MR) is 153 cm³/mol. The molecule has 1 fully saturated rings. The molecule has 0 spiro atoms. The molecule has 0 aliphatic carbocycles. The minimum Gasteiger partial charge on any atom is -0.454 e. The number of pyridine rings is 1. The Morgan fingerprint density at radius 3 is 2.52 bits per heavy atom. The van der Waals surface area contributed by atoms with E-state index in [1.807, 2.05) is 22.9 Å². The van der Waals surface area contributed by atoms with Crippen molar-refractivity contribution in [3.63, 3.8) is 0 Å². The molecule has 4 aromatic rings. The number of aromatic amines is 1. The van der Waals surface area contributed by atoms with Crippen molar-refractivity contribution < 1.29 is 9.47 Å². The standard InChI is InChI=1S/C30H37N7O3/c1-5-20-7-9-24-22(15-20)17-23(29(38)31-24)27(28-32-33-34-37(28)30(3,4)6-2)36-13-11-35(12-14-36)18-21-8-10-25-26(16-21)40-19-39-25/h7-10,15-17,27H,5-6,11-14,18-19H2,1-4H3,(H,31,38)/t27-/m1/s1. The molecule has 10 heteroatoms. The van der Waals surface area contributed by atoms with Gasteiger partial charge in [-0.15, -0.1) is 5.10 Å². The van der Waals surface area contributed by atoms with Gasteiger partial charge < -0.3 is 14.5 Å². The van der Waals surface area contributed by atoms with Crippen LogP contribution < -0.4 is 15.0 Å². The summed E-state index contributed by atoms with van der Waals surface area (Å²) in [6, 6.07) is 14.0. The smallest absolute Gasteiger partial charge is 0.253 e. The first-order chi connectivity index (χ1) is 19.4. The zero-order valence-electron chi connectivity index (χ0n) is 23.7. The highest BCUT2D eigenvalue weighted by Gasteiger charge is 2.35. The summed E-state index contributed by atoms with van der Waals surface area (Å²) in [6.07, 6.45) is 1.79. The van der Waals surface area contributed by atoms with Crippen LogP contribution in [0.2, 0.25) is 0 Å². The van der Waals surface area contributed by atoms with Crippen molar-refractivity contribution in [2.45, 2.75) is 58.7 Å². The van der Waals surface area contributed by atoms with E-state index in [9.17, 15) is 4.79 Å². The third-order valence-corrected chi connectivity index (χ3v) is 8.43. The van der Waals surface area contributed by atoms with E-state index in [4.69, 9.17) is 9.47 Å². The van der Waals surface area contributed by atoms with Crippen LogP contribution in [-0.4, -0.2) is 68.0 Å². The van der Waals surface area contributed by atoms with Gasteiger partial charge in [-0.05, 0) is 84.0 Å². The number of nitrogens with one attached hydrogen (secondary N) is 1. The van der Waals surface area contributed by atoms with E-state index < -0.39 is 0 Å². The van der Waals surface area contributed by atoms with Crippen LogP contribution in [0.1, 0.15) is 62.7 Å². The normalized spacial score (nSPS) is 17.0. The van der Waals surface area contributed by atoms with Crippen molar-refractivity contribution >= 4 is 10.9 Å². The maximum atomic E-state index is 13.6. The van der Waals surface area contributed by atoms with Crippen molar-refractivity contribution in [1.29, 1.82) is 0 Å². The number of fused-ring (bicyclic) bond motifs is 2. The van der Waals surface area contributed by atoms with Crippen molar-refractivity contribution in [2.75, 3.05) is 33.0 Å². The number of nitrogens with zero attached hydrogens (tertiary/aromatic N) is 6. The molecule has 2 aliphatic rings. The van der Waals surface area contributed by atoms with Gasteiger partial charge in [-0.2, -0.15) is 0 Å². The number of rotatable bonds is 8. The van der Waals surface area contributed by atoms with Crippen LogP contribution >= 0.6 is 0 Å². The van der Waals surface area contributed by atoms with Gasteiger partial charge in [0.15, 0.2) is 17.3 Å². The second-order valence-corrected chi connectivity index (χ2v) is 11.3. The minimum atomic E-state index is -0.369. The number of H-pyrrole nitrogens is 1. The van der Waals surface area contributed by atoms with Gasteiger partial charge in [-0.1, -0.05) is 26.0 Å².